The number of fused-ring (bicyclic) bond motifs is 1. The van der Waals surface area contributed by atoms with E-state index < -0.39 is 5.60 Å². The van der Waals surface area contributed by atoms with Crippen LogP contribution < -0.4 is 5.32 Å². The maximum atomic E-state index is 12.9. The number of imidazole rings is 1. The molecule has 0 bridgehead atoms. The van der Waals surface area contributed by atoms with Crippen LogP contribution in [0.2, 0.25) is 0 Å². The molecule has 10 heteroatoms. The summed E-state index contributed by atoms with van der Waals surface area (Å²) in [5.41, 5.74) is 2.81. The van der Waals surface area contributed by atoms with Gasteiger partial charge in [-0.2, -0.15) is 4.98 Å². The lowest BCUT2D eigenvalue weighted by molar-refractivity contribution is 0.00733. The molecule has 0 atom stereocenters. The number of rotatable bonds is 4. The number of likely N-dealkylation sites (tertiary alicyclic amines) is 1. The molecule has 1 N–H and O–H groups in total. The molecule has 35 heavy (non-hydrogen) atoms. The highest BCUT2D eigenvalue weighted by atomic mass is 16.6. The van der Waals surface area contributed by atoms with Gasteiger partial charge in [0.05, 0.1) is 12.1 Å². The number of anilines is 1. The van der Waals surface area contributed by atoms with Gasteiger partial charge in [0, 0.05) is 30.5 Å². The maximum Gasteiger partial charge on any atom is 0.410 e. The van der Waals surface area contributed by atoms with Crippen LogP contribution in [0.4, 0.5) is 10.5 Å². The van der Waals surface area contributed by atoms with Crippen LogP contribution >= 0.6 is 0 Å². The van der Waals surface area contributed by atoms with Crippen molar-refractivity contribution in [2.24, 2.45) is 0 Å². The molecule has 4 aromatic rings. The number of hydrogen-bond donors (Lipinski definition) is 1. The summed E-state index contributed by atoms with van der Waals surface area (Å²) in [6.07, 6.45) is 3.00. The van der Waals surface area contributed by atoms with Gasteiger partial charge in [-0.15, -0.1) is 0 Å². The van der Waals surface area contributed by atoms with Crippen LogP contribution in [-0.4, -0.2) is 55.1 Å². The van der Waals surface area contributed by atoms with Gasteiger partial charge in [-0.25, -0.2) is 9.78 Å². The molecule has 1 saturated heterocycles. The second-order valence-corrected chi connectivity index (χ2v) is 9.60. The van der Waals surface area contributed by atoms with Crippen LogP contribution in [0.1, 0.15) is 48.6 Å². The fourth-order valence-electron chi connectivity index (χ4n) is 3.81. The van der Waals surface area contributed by atoms with Gasteiger partial charge in [-0.05, 0) is 57.5 Å². The van der Waals surface area contributed by atoms with Crippen LogP contribution in [-0.2, 0) is 4.74 Å². The normalized spacial score (nSPS) is 14.1. The van der Waals surface area contributed by atoms with E-state index in [1.54, 1.807) is 21.7 Å². The average Bonchev–Trinajstić information content (AvgIpc) is 3.40. The summed E-state index contributed by atoms with van der Waals surface area (Å²) in [5, 5.41) is 7.06. The van der Waals surface area contributed by atoms with E-state index in [0.717, 1.165) is 5.56 Å². The molecule has 2 amide bonds. The summed E-state index contributed by atoms with van der Waals surface area (Å²) in [6, 6.07) is 11.1. The number of pyridine rings is 1. The molecule has 4 heterocycles. The number of carbonyl (C=O) groups excluding carboxylic acids is 2. The van der Waals surface area contributed by atoms with E-state index in [-0.39, 0.29) is 17.9 Å². The molecule has 1 aromatic carbocycles. The van der Waals surface area contributed by atoms with Crippen molar-refractivity contribution in [1.82, 2.24) is 24.4 Å². The summed E-state index contributed by atoms with van der Waals surface area (Å²) in [6.45, 7) is 8.37. The lowest BCUT2D eigenvalue weighted by Gasteiger charge is -2.38. The average molecular weight is 475 g/mol. The molecular weight excluding hydrogens is 448 g/mol. The van der Waals surface area contributed by atoms with Crippen molar-refractivity contribution in [3.63, 3.8) is 0 Å². The summed E-state index contributed by atoms with van der Waals surface area (Å²) in [4.78, 5) is 35.5. The third-order valence-electron chi connectivity index (χ3n) is 5.72. The number of aryl methyl sites for hydroxylation is 1. The van der Waals surface area contributed by atoms with Gasteiger partial charge in [0.15, 0.2) is 5.82 Å². The van der Waals surface area contributed by atoms with Gasteiger partial charge in [0.1, 0.15) is 16.9 Å². The largest absolute Gasteiger partial charge is 0.444 e. The zero-order chi connectivity index (χ0) is 24.7. The first-order valence-corrected chi connectivity index (χ1v) is 11.3. The Hall–Kier alpha value is -4.21. The number of ether oxygens (including phenoxy) is 1. The first-order valence-electron chi connectivity index (χ1n) is 11.3. The molecule has 1 aliphatic rings. The highest BCUT2D eigenvalue weighted by molar-refractivity contribution is 6.04. The van der Waals surface area contributed by atoms with Crippen LogP contribution in [0.25, 0.3) is 17.1 Å². The van der Waals surface area contributed by atoms with E-state index in [1.807, 2.05) is 64.1 Å². The molecule has 0 aliphatic carbocycles. The first-order chi connectivity index (χ1) is 16.7. The minimum Gasteiger partial charge on any atom is -0.444 e. The fraction of sp³-hybridized carbons (Fsp3) is 0.320. The lowest BCUT2D eigenvalue weighted by Crippen LogP contribution is -2.50. The van der Waals surface area contributed by atoms with Gasteiger partial charge < -0.3 is 19.5 Å². The molecule has 1 aliphatic heterocycles. The van der Waals surface area contributed by atoms with Crippen molar-refractivity contribution in [1.29, 1.82) is 0 Å². The molecule has 0 saturated carbocycles. The molecule has 10 nitrogen and oxygen atoms in total. The Bertz CT molecular complexity index is 1410. The van der Waals surface area contributed by atoms with Crippen LogP contribution in [0.3, 0.4) is 0 Å². The van der Waals surface area contributed by atoms with Gasteiger partial charge in [-0.3, -0.25) is 9.20 Å². The third-order valence-corrected chi connectivity index (χ3v) is 5.72. The molecule has 3 aromatic heterocycles. The van der Waals surface area contributed by atoms with Crippen molar-refractivity contribution < 1.29 is 18.8 Å². The number of benzene rings is 1. The second-order valence-electron chi connectivity index (χ2n) is 9.60. The SMILES string of the molecule is Cc1ccc(-c2nc(C3CN(C(=O)OC(C)(C)C)C3)no2)cc1NC(=O)c1cnc2ccccn12. The maximum absolute atomic E-state index is 12.9. The van der Waals surface area contributed by atoms with E-state index >= 15 is 0 Å². The van der Waals surface area contributed by atoms with Gasteiger partial charge in [0.2, 0.25) is 0 Å². The molecule has 180 valence electrons. The van der Waals surface area contributed by atoms with Crippen molar-refractivity contribution in [3.05, 3.63) is 65.9 Å². The number of nitrogens with zero attached hydrogens (tertiary/aromatic N) is 5. The highest BCUT2D eigenvalue weighted by Gasteiger charge is 2.37. The number of carbonyl (C=O) groups is 2. The van der Waals surface area contributed by atoms with Crippen molar-refractivity contribution in [3.8, 4) is 11.5 Å². The summed E-state index contributed by atoms with van der Waals surface area (Å²) in [5.74, 6) is 0.601. The second kappa shape index (κ2) is 8.53. The van der Waals surface area contributed by atoms with Crippen LogP contribution in [0.15, 0.2) is 53.3 Å². The zero-order valence-corrected chi connectivity index (χ0v) is 20.0. The Balaban J connectivity index is 1.28. The Labute approximate surface area is 201 Å². The molecular formula is C25H26N6O4. The molecule has 5 rings (SSSR count). The third kappa shape index (κ3) is 4.59. The van der Waals surface area contributed by atoms with E-state index in [1.165, 1.54) is 0 Å². The molecule has 0 unspecified atom stereocenters. The number of amides is 2. The zero-order valence-electron chi connectivity index (χ0n) is 20.0. The predicted molar refractivity (Wildman–Crippen MR) is 128 cm³/mol. The lowest BCUT2D eigenvalue weighted by atomic mass is 10.0. The van der Waals surface area contributed by atoms with Gasteiger partial charge in [-0.1, -0.05) is 17.3 Å². The fourth-order valence-corrected chi connectivity index (χ4v) is 3.81. The Morgan fingerprint density at radius 3 is 2.74 bits per heavy atom. The Morgan fingerprint density at radius 2 is 1.97 bits per heavy atom. The minimum absolute atomic E-state index is 0.0141. The number of nitrogens with one attached hydrogen (secondary N) is 1. The monoisotopic (exact) mass is 474 g/mol. The van der Waals surface area contributed by atoms with Crippen LogP contribution in [0, 0.1) is 6.92 Å². The smallest absolute Gasteiger partial charge is 0.410 e. The predicted octanol–water partition coefficient (Wildman–Crippen LogP) is 4.28. The number of hydrogen-bond acceptors (Lipinski definition) is 7. The van der Waals surface area contributed by atoms with Crippen LogP contribution in [0.5, 0.6) is 0 Å². The van der Waals surface area contributed by atoms with Crippen molar-refractivity contribution in [2.75, 3.05) is 18.4 Å². The summed E-state index contributed by atoms with van der Waals surface area (Å²) >= 11 is 0. The van der Waals surface area contributed by atoms with E-state index in [2.05, 4.69) is 20.4 Å². The van der Waals surface area contributed by atoms with Crippen molar-refractivity contribution in [2.45, 2.75) is 39.2 Å². The van der Waals surface area contributed by atoms with Crippen molar-refractivity contribution >= 4 is 23.3 Å². The summed E-state index contributed by atoms with van der Waals surface area (Å²) in [7, 11) is 0. The van der Waals surface area contributed by atoms with Gasteiger partial charge >= 0.3 is 6.09 Å². The number of aromatic nitrogens is 4. The highest BCUT2D eigenvalue weighted by Crippen LogP contribution is 2.30. The standard InChI is InChI=1S/C25H26N6O4/c1-15-8-9-16(11-18(15)27-22(32)19-12-26-20-7-5-6-10-31(19)20)23-28-21(29-35-23)17-13-30(14-17)24(33)34-25(2,3)4/h5-12,17H,13-14H2,1-4H3,(H,27,32). The molecule has 1 fully saturated rings. The minimum atomic E-state index is -0.537. The molecule has 0 spiro atoms. The molecule has 0 radical (unpaired) electrons. The van der Waals surface area contributed by atoms with E-state index in [4.69, 9.17) is 9.26 Å². The van der Waals surface area contributed by atoms with E-state index in [0.29, 0.717) is 47.4 Å². The quantitative estimate of drug-likeness (QED) is 0.469. The van der Waals surface area contributed by atoms with Gasteiger partial charge in [0.25, 0.3) is 11.8 Å². The Morgan fingerprint density at radius 1 is 1.17 bits per heavy atom. The first kappa shape index (κ1) is 22.6. The van der Waals surface area contributed by atoms with E-state index in [9.17, 15) is 9.59 Å². The Kier molecular flexibility index (Phi) is 5.50. The topological polar surface area (TPSA) is 115 Å². The summed E-state index contributed by atoms with van der Waals surface area (Å²) < 4.78 is 12.6.